The van der Waals surface area contributed by atoms with Crippen molar-refractivity contribution in [2.24, 2.45) is 0 Å². The van der Waals surface area contributed by atoms with E-state index in [1.807, 2.05) is 36.4 Å². The summed E-state index contributed by atoms with van der Waals surface area (Å²) >= 11 is 5.92. The van der Waals surface area contributed by atoms with Crippen LogP contribution in [0.1, 0.15) is 10.4 Å². The fraction of sp³-hybridized carbons (Fsp3) is 0.190. The third-order valence-electron chi connectivity index (χ3n) is 4.77. The fourth-order valence-corrected chi connectivity index (χ4v) is 3.31. The van der Waals surface area contributed by atoms with E-state index in [2.05, 4.69) is 15.1 Å². The normalized spacial score (nSPS) is 14.2. The zero-order chi connectivity index (χ0) is 19.5. The average Bonchev–Trinajstić information content (AvgIpc) is 2.75. The number of benzene rings is 2. The second-order valence-electron chi connectivity index (χ2n) is 6.57. The Morgan fingerprint density at radius 3 is 2.14 bits per heavy atom. The molecule has 142 valence electrons. The first kappa shape index (κ1) is 18.4. The van der Waals surface area contributed by atoms with E-state index in [1.54, 1.807) is 4.90 Å². The van der Waals surface area contributed by atoms with Gasteiger partial charge in [0.05, 0.1) is 5.69 Å². The number of amides is 1. The molecule has 1 amide bonds. The zero-order valence-electron chi connectivity index (χ0n) is 15.1. The number of carbonyl (C=O) groups is 1. The SMILES string of the molecule is O=C(c1ccc(F)cc1)N1CCN(c2ccc(-c3ccc(Cl)cc3)nn2)CC1. The summed E-state index contributed by atoms with van der Waals surface area (Å²) in [6.45, 7) is 2.50. The van der Waals surface area contributed by atoms with Crippen LogP contribution in [0.25, 0.3) is 11.3 Å². The standard InChI is InChI=1S/C21H18ClFN4O/c22-17-5-1-15(2-6-17)19-9-10-20(25-24-19)26-11-13-27(14-12-26)21(28)16-3-7-18(23)8-4-16/h1-10H,11-14H2. The van der Waals surface area contributed by atoms with Gasteiger partial charge in [0.2, 0.25) is 0 Å². The molecule has 0 bridgehead atoms. The van der Waals surface area contributed by atoms with Crippen molar-refractivity contribution < 1.29 is 9.18 Å². The molecule has 4 rings (SSSR count). The Labute approximate surface area is 167 Å². The lowest BCUT2D eigenvalue weighted by Gasteiger charge is -2.35. The molecule has 1 saturated heterocycles. The van der Waals surface area contributed by atoms with Gasteiger partial charge in [-0.3, -0.25) is 4.79 Å². The van der Waals surface area contributed by atoms with Crippen molar-refractivity contribution in [2.75, 3.05) is 31.1 Å². The highest BCUT2D eigenvalue weighted by Crippen LogP contribution is 2.21. The summed E-state index contributed by atoms with van der Waals surface area (Å²) in [5, 5.41) is 9.33. The first-order valence-corrected chi connectivity index (χ1v) is 9.37. The Morgan fingerprint density at radius 1 is 0.857 bits per heavy atom. The number of piperazine rings is 1. The number of hydrogen-bond donors (Lipinski definition) is 0. The highest BCUT2D eigenvalue weighted by atomic mass is 35.5. The Balaban J connectivity index is 1.39. The van der Waals surface area contributed by atoms with E-state index in [1.165, 1.54) is 24.3 Å². The Bertz CT molecular complexity index is 953. The minimum Gasteiger partial charge on any atom is -0.352 e. The number of halogens is 2. The van der Waals surface area contributed by atoms with Crippen LogP contribution in [0.5, 0.6) is 0 Å². The van der Waals surface area contributed by atoms with Crippen LogP contribution in [0.15, 0.2) is 60.7 Å². The van der Waals surface area contributed by atoms with E-state index in [9.17, 15) is 9.18 Å². The number of hydrogen-bond acceptors (Lipinski definition) is 4. The van der Waals surface area contributed by atoms with Crippen molar-refractivity contribution in [1.29, 1.82) is 0 Å². The molecule has 1 aliphatic heterocycles. The highest BCUT2D eigenvalue weighted by molar-refractivity contribution is 6.30. The maximum absolute atomic E-state index is 13.0. The van der Waals surface area contributed by atoms with Crippen LogP contribution >= 0.6 is 11.6 Å². The van der Waals surface area contributed by atoms with Gasteiger partial charge in [-0.2, -0.15) is 0 Å². The molecule has 1 aliphatic rings. The van der Waals surface area contributed by atoms with Crippen LogP contribution in [0.4, 0.5) is 10.2 Å². The molecule has 2 heterocycles. The van der Waals surface area contributed by atoms with Crippen molar-refractivity contribution >= 4 is 23.3 Å². The van der Waals surface area contributed by atoms with Crippen LogP contribution in [-0.2, 0) is 0 Å². The van der Waals surface area contributed by atoms with Gasteiger partial charge in [0.15, 0.2) is 5.82 Å². The summed E-state index contributed by atoms with van der Waals surface area (Å²) in [6, 6.07) is 17.0. The van der Waals surface area contributed by atoms with Gasteiger partial charge in [0, 0.05) is 42.3 Å². The Kier molecular flexibility index (Phi) is 5.21. The number of nitrogens with zero attached hydrogens (tertiary/aromatic N) is 4. The Hall–Kier alpha value is -2.99. The van der Waals surface area contributed by atoms with Crippen LogP contribution in [0.2, 0.25) is 5.02 Å². The topological polar surface area (TPSA) is 49.3 Å². The van der Waals surface area contributed by atoms with Gasteiger partial charge < -0.3 is 9.80 Å². The molecule has 0 aliphatic carbocycles. The van der Waals surface area contributed by atoms with E-state index >= 15 is 0 Å². The molecule has 0 unspecified atom stereocenters. The Morgan fingerprint density at radius 2 is 1.54 bits per heavy atom. The minimum absolute atomic E-state index is 0.0798. The van der Waals surface area contributed by atoms with Crippen molar-refractivity contribution in [3.05, 3.63) is 77.1 Å². The summed E-state index contributed by atoms with van der Waals surface area (Å²) in [4.78, 5) is 16.4. The summed E-state index contributed by atoms with van der Waals surface area (Å²) in [5.41, 5.74) is 2.24. The van der Waals surface area contributed by atoms with Crippen LogP contribution in [0, 0.1) is 5.82 Å². The quantitative estimate of drug-likeness (QED) is 0.673. The lowest BCUT2D eigenvalue weighted by Crippen LogP contribution is -2.49. The average molecular weight is 397 g/mol. The lowest BCUT2D eigenvalue weighted by molar-refractivity contribution is 0.0746. The fourth-order valence-electron chi connectivity index (χ4n) is 3.18. The van der Waals surface area contributed by atoms with E-state index in [0.29, 0.717) is 36.8 Å². The molecule has 5 nitrogen and oxygen atoms in total. The molecule has 2 aromatic carbocycles. The van der Waals surface area contributed by atoms with Crippen LogP contribution in [0.3, 0.4) is 0 Å². The molecular weight excluding hydrogens is 379 g/mol. The van der Waals surface area contributed by atoms with Crippen molar-refractivity contribution in [2.45, 2.75) is 0 Å². The second-order valence-corrected chi connectivity index (χ2v) is 7.01. The summed E-state index contributed by atoms with van der Waals surface area (Å²) in [5.74, 6) is 0.359. The van der Waals surface area contributed by atoms with E-state index in [-0.39, 0.29) is 11.7 Å². The first-order chi connectivity index (χ1) is 13.6. The molecule has 0 N–H and O–H groups in total. The first-order valence-electron chi connectivity index (χ1n) is 8.99. The van der Waals surface area contributed by atoms with Crippen LogP contribution < -0.4 is 4.90 Å². The number of anilines is 1. The van der Waals surface area contributed by atoms with Crippen molar-refractivity contribution in [1.82, 2.24) is 15.1 Å². The molecule has 1 aromatic heterocycles. The monoisotopic (exact) mass is 396 g/mol. The van der Waals surface area contributed by atoms with E-state index in [0.717, 1.165) is 17.1 Å². The second kappa shape index (κ2) is 7.94. The zero-order valence-corrected chi connectivity index (χ0v) is 15.8. The maximum Gasteiger partial charge on any atom is 0.253 e. The van der Waals surface area contributed by atoms with Crippen molar-refractivity contribution in [3.8, 4) is 11.3 Å². The third-order valence-corrected chi connectivity index (χ3v) is 5.02. The predicted molar refractivity (Wildman–Crippen MR) is 107 cm³/mol. The number of rotatable bonds is 3. The summed E-state index contributed by atoms with van der Waals surface area (Å²) < 4.78 is 13.0. The van der Waals surface area contributed by atoms with Gasteiger partial charge in [-0.25, -0.2) is 4.39 Å². The molecule has 0 saturated carbocycles. The van der Waals surface area contributed by atoms with E-state index < -0.39 is 0 Å². The maximum atomic E-state index is 13.0. The summed E-state index contributed by atoms with van der Waals surface area (Å²) in [6.07, 6.45) is 0. The predicted octanol–water partition coefficient (Wildman–Crippen LogP) is 3.90. The third kappa shape index (κ3) is 3.97. The van der Waals surface area contributed by atoms with Gasteiger partial charge in [0.25, 0.3) is 5.91 Å². The van der Waals surface area contributed by atoms with Gasteiger partial charge in [-0.05, 0) is 48.5 Å². The van der Waals surface area contributed by atoms with Crippen molar-refractivity contribution in [3.63, 3.8) is 0 Å². The molecular formula is C21H18ClFN4O. The molecule has 3 aromatic rings. The molecule has 0 spiro atoms. The minimum atomic E-state index is -0.345. The van der Waals surface area contributed by atoms with Gasteiger partial charge >= 0.3 is 0 Å². The number of aromatic nitrogens is 2. The van der Waals surface area contributed by atoms with E-state index in [4.69, 9.17) is 11.6 Å². The van der Waals surface area contributed by atoms with Gasteiger partial charge in [0.1, 0.15) is 5.82 Å². The van der Waals surface area contributed by atoms with Gasteiger partial charge in [-0.15, -0.1) is 10.2 Å². The largest absolute Gasteiger partial charge is 0.352 e. The molecule has 0 atom stereocenters. The lowest BCUT2D eigenvalue weighted by atomic mass is 10.1. The van der Waals surface area contributed by atoms with Gasteiger partial charge in [-0.1, -0.05) is 23.7 Å². The van der Waals surface area contributed by atoms with Crippen LogP contribution in [-0.4, -0.2) is 47.2 Å². The number of carbonyl (C=O) groups excluding carboxylic acids is 1. The summed E-state index contributed by atoms with van der Waals surface area (Å²) in [7, 11) is 0. The molecule has 28 heavy (non-hydrogen) atoms. The molecule has 0 radical (unpaired) electrons. The molecule has 7 heteroatoms. The smallest absolute Gasteiger partial charge is 0.253 e. The highest BCUT2D eigenvalue weighted by Gasteiger charge is 2.23. The molecule has 1 fully saturated rings.